The fourth-order valence-electron chi connectivity index (χ4n) is 1.72. The smallest absolute Gasteiger partial charge is 0.231 e. The Labute approximate surface area is 89.1 Å². The highest BCUT2D eigenvalue weighted by atomic mass is 16.5. The number of ether oxygens (including phenoxy) is 1. The zero-order valence-corrected chi connectivity index (χ0v) is 8.68. The van der Waals surface area contributed by atoms with Gasteiger partial charge in [-0.1, -0.05) is 0 Å². The summed E-state index contributed by atoms with van der Waals surface area (Å²) in [6, 6.07) is 5.55. The number of hydrogen-bond acceptors (Lipinski definition) is 4. The van der Waals surface area contributed by atoms with Gasteiger partial charge in [-0.15, -0.1) is 0 Å². The number of rotatable bonds is 2. The number of nitriles is 1. The van der Waals surface area contributed by atoms with Crippen molar-refractivity contribution in [2.24, 2.45) is 0 Å². The second kappa shape index (κ2) is 4.28. The van der Waals surface area contributed by atoms with Crippen molar-refractivity contribution in [2.45, 2.75) is 12.5 Å². The fourth-order valence-corrected chi connectivity index (χ4v) is 1.72. The molecule has 1 atom stereocenters. The molecule has 0 radical (unpaired) electrons. The molecule has 4 nitrogen and oxygen atoms in total. The molecule has 0 N–H and O–H groups in total. The molecule has 4 heteroatoms. The summed E-state index contributed by atoms with van der Waals surface area (Å²) < 4.78 is 5.69. The van der Waals surface area contributed by atoms with E-state index in [-0.39, 0.29) is 6.10 Å². The summed E-state index contributed by atoms with van der Waals surface area (Å²) in [6.07, 6.45) is 2.81. The predicted octanol–water partition coefficient (Wildman–Crippen LogP) is 1.04. The van der Waals surface area contributed by atoms with Gasteiger partial charge >= 0.3 is 0 Å². The third-order valence-corrected chi connectivity index (χ3v) is 2.52. The fraction of sp³-hybridized carbons (Fsp3) is 0.455. The van der Waals surface area contributed by atoms with E-state index in [1.807, 2.05) is 0 Å². The Morgan fingerprint density at radius 1 is 1.67 bits per heavy atom. The van der Waals surface area contributed by atoms with Gasteiger partial charge in [-0.05, 0) is 25.6 Å². The van der Waals surface area contributed by atoms with Crippen molar-refractivity contribution >= 4 is 0 Å². The van der Waals surface area contributed by atoms with Crippen LogP contribution in [0.1, 0.15) is 12.0 Å². The van der Waals surface area contributed by atoms with Crippen molar-refractivity contribution in [3.05, 3.63) is 23.9 Å². The van der Waals surface area contributed by atoms with Crippen LogP contribution in [0.15, 0.2) is 18.3 Å². The van der Waals surface area contributed by atoms with E-state index in [4.69, 9.17) is 10.00 Å². The lowest BCUT2D eigenvalue weighted by Crippen LogP contribution is -2.22. The lowest BCUT2D eigenvalue weighted by Gasteiger charge is -2.13. The highest BCUT2D eigenvalue weighted by molar-refractivity contribution is 5.37. The van der Waals surface area contributed by atoms with Crippen molar-refractivity contribution in [3.8, 4) is 11.9 Å². The van der Waals surface area contributed by atoms with Gasteiger partial charge < -0.3 is 9.64 Å². The molecular formula is C11H13N3O. The van der Waals surface area contributed by atoms with Gasteiger partial charge in [-0.3, -0.25) is 0 Å². The van der Waals surface area contributed by atoms with E-state index in [1.54, 1.807) is 18.3 Å². The Morgan fingerprint density at radius 2 is 2.53 bits per heavy atom. The molecule has 15 heavy (non-hydrogen) atoms. The average Bonchev–Trinajstić information content (AvgIpc) is 2.65. The summed E-state index contributed by atoms with van der Waals surface area (Å²) in [5.41, 5.74) is 0.507. The zero-order valence-electron chi connectivity index (χ0n) is 8.68. The van der Waals surface area contributed by atoms with Crippen LogP contribution in [0.5, 0.6) is 5.88 Å². The van der Waals surface area contributed by atoms with E-state index in [1.165, 1.54) is 0 Å². The van der Waals surface area contributed by atoms with Gasteiger partial charge in [0.05, 0.1) is 0 Å². The van der Waals surface area contributed by atoms with E-state index in [0.29, 0.717) is 11.4 Å². The van der Waals surface area contributed by atoms with Crippen LogP contribution >= 0.6 is 0 Å². The normalized spacial score (nSPS) is 21.2. The number of hydrogen-bond donors (Lipinski definition) is 0. The van der Waals surface area contributed by atoms with Gasteiger partial charge in [0.1, 0.15) is 17.7 Å². The number of aromatic nitrogens is 1. The maximum Gasteiger partial charge on any atom is 0.231 e. The highest BCUT2D eigenvalue weighted by Crippen LogP contribution is 2.18. The van der Waals surface area contributed by atoms with E-state index in [0.717, 1.165) is 19.5 Å². The first kappa shape index (κ1) is 9.94. The molecule has 1 aliphatic heterocycles. The maximum atomic E-state index is 8.86. The first-order valence-electron chi connectivity index (χ1n) is 5.00. The molecule has 0 amide bonds. The number of nitrogens with zero attached hydrogens (tertiary/aromatic N) is 3. The summed E-state index contributed by atoms with van der Waals surface area (Å²) >= 11 is 0. The molecule has 0 aliphatic carbocycles. The minimum absolute atomic E-state index is 0.164. The number of likely N-dealkylation sites (N-methyl/N-ethyl adjacent to an activating group) is 1. The van der Waals surface area contributed by atoms with E-state index in [9.17, 15) is 0 Å². The van der Waals surface area contributed by atoms with Crippen LogP contribution in [0.4, 0.5) is 0 Å². The summed E-state index contributed by atoms with van der Waals surface area (Å²) in [5.74, 6) is 0.459. The molecule has 1 unspecified atom stereocenters. The van der Waals surface area contributed by atoms with Gasteiger partial charge in [-0.25, -0.2) is 4.98 Å². The second-order valence-corrected chi connectivity index (χ2v) is 3.76. The Kier molecular flexibility index (Phi) is 2.84. The van der Waals surface area contributed by atoms with Crippen LogP contribution in [0.3, 0.4) is 0 Å². The minimum atomic E-state index is 0.164. The molecule has 1 aromatic heterocycles. The van der Waals surface area contributed by atoms with Crippen LogP contribution in [0.25, 0.3) is 0 Å². The molecule has 0 aromatic carbocycles. The minimum Gasteiger partial charge on any atom is -0.472 e. The Bertz CT molecular complexity index is 386. The standard InChI is InChI=1S/C11H13N3O/c1-14-6-4-10(8-14)15-11-9(7-12)3-2-5-13-11/h2-3,5,10H,4,6,8H2,1H3. The average molecular weight is 203 g/mol. The molecule has 2 rings (SSSR count). The quantitative estimate of drug-likeness (QED) is 0.720. The molecule has 1 aliphatic rings. The Balaban J connectivity index is 2.08. The van der Waals surface area contributed by atoms with Gasteiger partial charge in [0.15, 0.2) is 0 Å². The number of likely N-dealkylation sites (tertiary alicyclic amines) is 1. The molecule has 0 bridgehead atoms. The monoisotopic (exact) mass is 203 g/mol. The van der Waals surface area contributed by atoms with Crippen molar-refractivity contribution in [1.82, 2.24) is 9.88 Å². The SMILES string of the molecule is CN1CCC(Oc2ncccc2C#N)C1. The predicted molar refractivity (Wildman–Crippen MR) is 55.5 cm³/mol. The van der Waals surface area contributed by atoms with Gasteiger partial charge in [-0.2, -0.15) is 5.26 Å². The maximum absolute atomic E-state index is 8.86. The van der Waals surface area contributed by atoms with Crippen molar-refractivity contribution in [3.63, 3.8) is 0 Å². The Morgan fingerprint density at radius 3 is 3.20 bits per heavy atom. The first-order chi connectivity index (χ1) is 7.29. The van der Waals surface area contributed by atoms with E-state index < -0.39 is 0 Å². The van der Waals surface area contributed by atoms with Crippen molar-refractivity contribution < 1.29 is 4.74 Å². The molecule has 2 heterocycles. The van der Waals surface area contributed by atoms with Crippen LogP contribution in [-0.4, -0.2) is 36.1 Å². The van der Waals surface area contributed by atoms with Crippen LogP contribution in [-0.2, 0) is 0 Å². The second-order valence-electron chi connectivity index (χ2n) is 3.76. The topological polar surface area (TPSA) is 49.1 Å². The third kappa shape index (κ3) is 2.25. The summed E-state index contributed by atoms with van der Waals surface area (Å²) in [6.45, 7) is 1.95. The summed E-state index contributed by atoms with van der Waals surface area (Å²) in [7, 11) is 2.06. The molecule has 1 aromatic rings. The van der Waals surface area contributed by atoms with Crippen LogP contribution < -0.4 is 4.74 Å². The summed E-state index contributed by atoms with van der Waals surface area (Å²) in [4.78, 5) is 6.28. The molecule has 1 fully saturated rings. The lowest BCUT2D eigenvalue weighted by atomic mass is 10.3. The van der Waals surface area contributed by atoms with E-state index in [2.05, 4.69) is 23.0 Å². The van der Waals surface area contributed by atoms with Crippen LogP contribution in [0, 0.1) is 11.3 Å². The van der Waals surface area contributed by atoms with Gasteiger partial charge in [0.25, 0.3) is 0 Å². The molecular weight excluding hydrogens is 190 g/mol. The molecule has 78 valence electrons. The van der Waals surface area contributed by atoms with Gasteiger partial charge in [0, 0.05) is 19.3 Å². The Hall–Kier alpha value is -1.60. The van der Waals surface area contributed by atoms with E-state index >= 15 is 0 Å². The summed E-state index contributed by atoms with van der Waals surface area (Å²) in [5, 5.41) is 8.86. The van der Waals surface area contributed by atoms with Crippen molar-refractivity contribution in [1.29, 1.82) is 5.26 Å². The van der Waals surface area contributed by atoms with Crippen LogP contribution in [0.2, 0.25) is 0 Å². The first-order valence-corrected chi connectivity index (χ1v) is 5.00. The van der Waals surface area contributed by atoms with Crippen molar-refractivity contribution in [2.75, 3.05) is 20.1 Å². The zero-order chi connectivity index (χ0) is 10.7. The third-order valence-electron chi connectivity index (χ3n) is 2.52. The number of pyridine rings is 1. The molecule has 1 saturated heterocycles. The molecule has 0 spiro atoms. The largest absolute Gasteiger partial charge is 0.472 e. The highest BCUT2D eigenvalue weighted by Gasteiger charge is 2.22. The van der Waals surface area contributed by atoms with Gasteiger partial charge in [0.2, 0.25) is 5.88 Å². The molecule has 0 saturated carbocycles. The lowest BCUT2D eigenvalue weighted by molar-refractivity contribution is 0.199.